The molecule has 0 aliphatic heterocycles. The maximum absolute atomic E-state index is 11.7. The number of hydrogen-bond donors (Lipinski definition) is 0. The highest BCUT2D eigenvalue weighted by Gasteiger charge is 2.54. The minimum Gasteiger partial charge on any atom is -0.459 e. The fourth-order valence-corrected chi connectivity index (χ4v) is 5.06. The first kappa shape index (κ1) is 12.3. The van der Waals surface area contributed by atoms with Gasteiger partial charge in [-0.15, -0.1) is 0 Å². The van der Waals surface area contributed by atoms with Crippen molar-refractivity contribution < 1.29 is 9.53 Å². The molecule has 2 heteroatoms. The molecule has 100 valence electrons. The Morgan fingerprint density at radius 3 is 2.00 bits per heavy atom. The lowest BCUT2D eigenvalue weighted by Crippen LogP contribution is -2.51. The number of carbonyl (C=O) groups is 1. The number of esters is 1. The highest BCUT2D eigenvalue weighted by molar-refractivity contribution is 5.87. The van der Waals surface area contributed by atoms with E-state index in [1.54, 1.807) is 6.92 Å². The van der Waals surface area contributed by atoms with Gasteiger partial charge in [0.15, 0.2) is 0 Å². The molecule has 18 heavy (non-hydrogen) atoms. The molecule has 0 N–H and O–H groups in total. The summed E-state index contributed by atoms with van der Waals surface area (Å²) in [5.41, 5.74) is 0.812. The van der Waals surface area contributed by atoms with Crippen LogP contribution in [0.4, 0.5) is 0 Å². The summed E-state index contributed by atoms with van der Waals surface area (Å²) < 4.78 is 5.66. The van der Waals surface area contributed by atoms with Gasteiger partial charge < -0.3 is 4.74 Å². The van der Waals surface area contributed by atoms with Gasteiger partial charge in [-0.25, -0.2) is 4.79 Å². The zero-order valence-electron chi connectivity index (χ0n) is 11.6. The molecule has 0 aromatic heterocycles. The second-order valence-electron chi connectivity index (χ2n) is 7.11. The van der Waals surface area contributed by atoms with Crippen LogP contribution in [0.2, 0.25) is 0 Å². The van der Waals surface area contributed by atoms with Crippen molar-refractivity contribution in [1.29, 1.82) is 0 Å². The fraction of sp³-hybridized carbons (Fsp3) is 0.812. The summed E-state index contributed by atoms with van der Waals surface area (Å²) in [6.07, 6.45) is 8.20. The van der Waals surface area contributed by atoms with Gasteiger partial charge in [0.2, 0.25) is 0 Å². The van der Waals surface area contributed by atoms with E-state index in [0.29, 0.717) is 11.0 Å². The maximum Gasteiger partial charge on any atom is 0.333 e. The van der Waals surface area contributed by atoms with Gasteiger partial charge in [-0.2, -0.15) is 0 Å². The van der Waals surface area contributed by atoms with Crippen molar-refractivity contribution in [2.45, 2.75) is 58.5 Å². The van der Waals surface area contributed by atoms with E-state index >= 15 is 0 Å². The SMILES string of the molecule is C=C(C)C(=O)OC(C)C12CC3CC(CC(C3)C1)C2. The van der Waals surface area contributed by atoms with E-state index in [-0.39, 0.29) is 12.1 Å². The summed E-state index contributed by atoms with van der Waals surface area (Å²) >= 11 is 0. The summed E-state index contributed by atoms with van der Waals surface area (Å²) in [5, 5.41) is 0. The standard InChI is InChI=1S/C16H24O2/c1-10(2)15(17)18-11(3)16-7-12-4-13(8-16)6-14(5-12)9-16/h11-14H,1,4-9H2,2-3H3. The fourth-order valence-electron chi connectivity index (χ4n) is 5.06. The summed E-state index contributed by atoms with van der Waals surface area (Å²) in [7, 11) is 0. The number of carbonyl (C=O) groups excluding carboxylic acids is 1. The molecule has 0 spiro atoms. The van der Waals surface area contributed by atoms with Crippen molar-refractivity contribution >= 4 is 5.97 Å². The van der Waals surface area contributed by atoms with E-state index in [2.05, 4.69) is 13.5 Å². The summed E-state index contributed by atoms with van der Waals surface area (Å²) in [6, 6.07) is 0. The molecule has 2 nitrogen and oxygen atoms in total. The van der Waals surface area contributed by atoms with E-state index in [1.807, 2.05) is 0 Å². The first-order valence-corrected chi connectivity index (χ1v) is 7.35. The lowest BCUT2D eigenvalue weighted by molar-refractivity contribution is -0.166. The molecule has 0 aromatic rings. The number of rotatable bonds is 3. The second-order valence-corrected chi connectivity index (χ2v) is 7.11. The third-order valence-corrected chi connectivity index (χ3v) is 5.58. The maximum atomic E-state index is 11.7. The Morgan fingerprint density at radius 1 is 1.17 bits per heavy atom. The quantitative estimate of drug-likeness (QED) is 0.562. The summed E-state index contributed by atoms with van der Waals surface area (Å²) in [6.45, 7) is 7.52. The molecule has 0 saturated heterocycles. The van der Waals surface area contributed by atoms with Crippen LogP contribution in [0.25, 0.3) is 0 Å². The lowest BCUT2D eigenvalue weighted by Gasteiger charge is -2.58. The average Bonchev–Trinajstić information content (AvgIpc) is 2.26. The normalized spacial score (nSPS) is 42.7. The van der Waals surface area contributed by atoms with Crippen LogP contribution in [0.1, 0.15) is 52.4 Å². The van der Waals surface area contributed by atoms with Gasteiger partial charge in [0.25, 0.3) is 0 Å². The van der Waals surface area contributed by atoms with Crippen LogP contribution >= 0.6 is 0 Å². The Kier molecular flexibility index (Phi) is 2.80. The minimum atomic E-state index is -0.210. The highest BCUT2D eigenvalue weighted by Crippen LogP contribution is 2.61. The second kappa shape index (κ2) is 4.11. The van der Waals surface area contributed by atoms with Gasteiger partial charge in [-0.05, 0) is 70.1 Å². The zero-order valence-corrected chi connectivity index (χ0v) is 11.6. The van der Waals surface area contributed by atoms with E-state index < -0.39 is 0 Å². The van der Waals surface area contributed by atoms with Crippen molar-refractivity contribution in [1.82, 2.24) is 0 Å². The molecule has 0 aromatic carbocycles. The Hall–Kier alpha value is -0.790. The van der Waals surface area contributed by atoms with Gasteiger partial charge in [0.05, 0.1) is 0 Å². The molecule has 0 amide bonds. The minimum absolute atomic E-state index is 0.0649. The van der Waals surface area contributed by atoms with Crippen LogP contribution in [-0.2, 0) is 9.53 Å². The molecule has 4 saturated carbocycles. The number of hydrogen-bond acceptors (Lipinski definition) is 2. The molecule has 4 rings (SSSR count). The summed E-state index contributed by atoms with van der Waals surface area (Å²) in [5.74, 6) is 2.50. The molecule has 4 bridgehead atoms. The first-order valence-electron chi connectivity index (χ1n) is 7.35. The zero-order chi connectivity index (χ0) is 12.9. The van der Waals surface area contributed by atoms with Crippen molar-refractivity contribution in [2.24, 2.45) is 23.2 Å². The molecule has 0 heterocycles. The average molecular weight is 248 g/mol. The predicted octanol–water partition coefficient (Wildman–Crippen LogP) is 3.71. The molecule has 1 atom stereocenters. The van der Waals surface area contributed by atoms with Crippen LogP contribution in [0.15, 0.2) is 12.2 Å². The molecule has 4 aliphatic carbocycles. The van der Waals surface area contributed by atoms with Crippen LogP contribution in [0.3, 0.4) is 0 Å². The van der Waals surface area contributed by atoms with E-state index in [1.165, 1.54) is 38.5 Å². The van der Waals surface area contributed by atoms with Gasteiger partial charge >= 0.3 is 5.97 Å². The van der Waals surface area contributed by atoms with Crippen LogP contribution in [0, 0.1) is 23.2 Å². The number of ether oxygens (including phenoxy) is 1. The monoisotopic (exact) mass is 248 g/mol. The van der Waals surface area contributed by atoms with E-state index in [0.717, 1.165) is 17.8 Å². The van der Waals surface area contributed by atoms with Crippen LogP contribution in [-0.4, -0.2) is 12.1 Å². The topological polar surface area (TPSA) is 26.3 Å². The van der Waals surface area contributed by atoms with Crippen LogP contribution < -0.4 is 0 Å². The van der Waals surface area contributed by atoms with Gasteiger partial charge in [0, 0.05) is 11.0 Å². The Labute approximate surface area is 110 Å². The van der Waals surface area contributed by atoms with Crippen molar-refractivity contribution in [3.8, 4) is 0 Å². The van der Waals surface area contributed by atoms with E-state index in [9.17, 15) is 4.79 Å². The van der Waals surface area contributed by atoms with Gasteiger partial charge in [0.1, 0.15) is 6.10 Å². The smallest absolute Gasteiger partial charge is 0.333 e. The highest BCUT2D eigenvalue weighted by atomic mass is 16.5. The first-order chi connectivity index (χ1) is 8.48. The molecule has 0 radical (unpaired) electrons. The molecular formula is C16H24O2. The van der Waals surface area contributed by atoms with Gasteiger partial charge in [-0.3, -0.25) is 0 Å². The predicted molar refractivity (Wildman–Crippen MR) is 71.0 cm³/mol. The van der Waals surface area contributed by atoms with Crippen molar-refractivity contribution in [3.05, 3.63) is 12.2 Å². The van der Waals surface area contributed by atoms with Crippen molar-refractivity contribution in [2.75, 3.05) is 0 Å². The molecule has 4 aliphatic rings. The molecular weight excluding hydrogens is 224 g/mol. The Bertz CT molecular complexity index is 347. The van der Waals surface area contributed by atoms with Crippen molar-refractivity contribution in [3.63, 3.8) is 0 Å². The summed E-state index contributed by atoms with van der Waals surface area (Å²) in [4.78, 5) is 11.7. The third kappa shape index (κ3) is 1.90. The van der Waals surface area contributed by atoms with E-state index in [4.69, 9.17) is 4.74 Å². The van der Waals surface area contributed by atoms with Crippen LogP contribution in [0.5, 0.6) is 0 Å². The third-order valence-electron chi connectivity index (χ3n) is 5.58. The largest absolute Gasteiger partial charge is 0.459 e. The molecule has 1 unspecified atom stereocenters. The molecule has 4 fully saturated rings. The Balaban J connectivity index is 1.74. The van der Waals surface area contributed by atoms with Gasteiger partial charge in [-0.1, -0.05) is 6.58 Å². The lowest BCUT2D eigenvalue weighted by atomic mass is 9.48. The Morgan fingerprint density at radius 2 is 1.61 bits per heavy atom.